The van der Waals surface area contributed by atoms with Crippen LogP contribution in [0, 0.1) is 0 Å². The van der Waals surface area contributed by atoms with Crippen LogP contribution < -0.4 is 26.4 Å². The van der Waals surface area contributed by atoms with Gasteiger partial charge in [0.2, 0.25) is 11.9 Å². The van der Waals surface area contributed by atoms with Crippen LogP contribution in [0.15, 0.2) is 34.3 Å². The summed E-state index contributed by atoms with van der Waals surface area (Å²) >= 11 is 0. The molecular formula is C25H41N7O. The molecule has 0 amide bonds. The minimum absolute atomic E-state index is 0.329. The number of hydrogen-bond donors (Lipinski definition) is 4. The zero-order chi connectivity index (χ0) is 23.1. The third-order valence-corrected chi connectivity index (χ3v) is 6.90. The minimum Gasteiger partial charge on any atom is -0.494 e. The van der Waals surface area contributed by atoms with Crippen LogP contribution in [0.5, 0.6) is 5.75 Å². The number of nitrogens with one attached hydrogen (secondary N) is 3. The molecule has 2 aliphatic heterocycles. The van der Waals surface area contributed by atoms with E-state index in [9.17, 15) is 0 Å². The van der Waals surface area contributed by atoms with Gasteiger partial charge in [-0.2, -0.15) is 0 Å². The number of nitrogens with two attached hydrogens (primary N) is 1. The van der Waals surface area contributed by atoms with E-state index in [4.69, 9.17) is 20.5 Å². The van der Waals surface area contributed by atoms with Crippen molar-refractivity contribution in [1.29, 1.82) is 0 Å². The van der Waals surface area contributed by atoms with E-state index in [0.717, 1.165) is 56.2 Å². The molecule has 8 heteroatoms. The minimum atomic E-state index is -0.898. The molecule has 2 atom stereocenters. The van der Waals surface area contributed by atoms with Gasteiger partial charge in [-0.25, -0.2) is 9.98 Å². The highest BCUT2D eigenvalue weighted by molar-refractivity contribution is 6.07. The summed E-state index contributed by atoms with van der Waals surface area (Å²) in [5.41, 5.74) is 7.81. The monoisotopic (exact) mass is 455 g/mol. The second-order valence-electron chi connectivity index (χ2n) is 9.47. The van der Waals surface area contributed by atoms with Crippen molar-refractivity contribution in [3.8, 4) is 5.75 Å². The molecule has 4 rings (SSSR count). The highest BCUT2D eigenvalue weighted by Gasteiger charge is 2.37. The number of likely N-dealkylation sites (tertiary alicyclic amines) is 1. The average Bonchev–Trinajstić information content (AvgIpc) is 3.07. The van der Waals surface area contributed by atoms with Crippen LogP contribution in [-0.4, -0.2) is 54.4 Å². The van der Waals surface area contributed by atoms with Crippen molar-refractivity contribution in [2.75, 3.05) is 25.0 Å². The number of anilines is 1. The van der Waals surface area contributed by atoms with E-state index in [-0.39, 0.29) is 0 Å². The number of rotatable bonds is 7. The molecule has 0 bridgehead atoms. The fourth-order valence-electron chi connectivity index (χ4n) is 5.23. The van der Waals surface area contributed by atoms with E-state index >= 15 is 0 Å². The zero-order valence-corrected chi connectivity index (χ0v) is 20.3. The summed E-state index contributed by atoms with van der Waals surface area (Å²) in [5.74, 6) is 1.32. The van der Waals surface area contributed by atoms with Crippen molar-refractivity contribution in [2.45, 2.75) is 89.5 Å². The Hall–Kier alpha value is -2.32. The van der Waals surface area contributed by atoms with Gasteiger partial charge in [0.25, 0.3) is 0 Å². The van der Waals surface area contributed by atoms with Crippen molar-refractivity contribution in [2.24, 2.45) is 15.7 Å². The van der Waals surface area contributed by atoms with Gasteiger partial charge < -0.3 is 20.3 Å². The third-order valence-electron chi connectivity index (χ3n) is 6.90. The standard InChI is InChI=1S/C25H41N7O/c1-3-32-17-9-12-21(32)18-25(26)30-23(27-19-10-7-5-6-8-11-19)29-24(31-25)28-20-13-15-22(16-14-20)33-4-2/h13-16,19,21H,3-12,17-18,26H2,1-2H3,(H3,27,28,29,30,31). The topological polar surface area (TPSA) is 99.3 Å². The van der Waals surface area contributed by atoms with Gasteiger partial charge in [0.05, 0.1) is 12.6 Å². The molecule has 0 aromatic heterocycles. The predicted molar refractivity (Wildman–Crippen MR) is 136 cm³/mol. The molecule has 5 N–H and O–H groups in total. The molecule has 2 heterocycles. The summed E-state index contributed by atoms with van der Waals surface area (Å²) in [7, 11) is 0. The lowest BCUT2D eigenvalue weighted by atomic mass is 10.1. The lowest BCUT2D eigenvalue weighted by Gasteiger charge is -2.37. The molecule has 1 saturated heterocycles. The van der Waals surface area contributed by atoms with Crippen molar-refractivity contribution in [3.05, 3.63) is 24.3 Å². The van der Waals surface area contributed by atoms with Crippen molar-refractivity contribution >= 4 is 17.6 Å². The summed E-state index contributed by atoms with van der Waals surface area (Å²) in [6.45, 7) is 7.04. The fourth-order valence-corrected chi connectivity index (χ4v) is 5.23. The van der Waals surface area contributed by atoms with Gasteiger partial charge >= 0.3 is 0 Å². The molecule has 8 nitrogen and oxygen atoms in total. The third kappa shape index (κ3) is 6.60. The first-order valence-corrected chi connectivity index (χ1v) is 12.8. The lowest BCUT2D eigenvalue weighted by molar-refractivity contribution is 0.205. The smallest absolute Gasteiger partial charge is 0.206 e. The molecule has 1 aromatic rings. The van der Waals surface area contributed by atoms with Crippen LogP contribution in [0.3, 0.4) is 0 Å². The van der Waals surface area contributed by atoms with Crippen LogP contribution in [0.1, 0.15) is 71.6 Å². The van der Waals surface area contributed by atoms with Crippen molar-refractivity contribution < 1.29 is 4.74 Å². The Morgan fingerprint density at radius 2 is 1.88 bits per heavy atom. The van der Waals surface area contributed by atoms with Gasteiger partial charge in [0.1, 0.15) is 5.75 Å². The van der Waals surface area contributed by atoms with Crippen molar-refractivity contribution in [3.63, 3.8) is 0 Å². The van der Waals surface area contributed by atoms with Crippen LogP contribution in [0.25, 0.3) is 0 Å². The lowest BCUT2D eigenvalue weighted by Crippen LogP contribution is -2.66. The van der Waals surface area contributed by atoms with Crippen LogP contribution >= 0.6 is 0 Å². The number of benzene rings is 1. The highest BCUT2D eigenvalue weighted by Crippen LogP contribution is 2.26. The maximum absolute atomic E-state index is 6.88. The first-order chi connectivity index (χ1) is 16.1. The Morgan fingerprint density at radius 3 is 2.58 bits per heavy atom. The van der Waals surface area contributed by atoms with E-state index < -0.39 is 5.79 Å². The SMILES string of the molecule is CCOc1ccc(NC2=NC(N)(CC3CCCN3CC)NC(=NC3CCCCCC3)N2)cc1. The first kappa shape index (κ1) is 23.8. The molecular weight excluding hydrogens is 414 g/mol. The fraction of sp³-hybridized carbons (Fsp3) is 0.680. The van der Waals surface area contributed by atoms with Gasteiger partial charge in [0.15, 0.2) is 5.79 Å². The van der Waals surface area contributed by atoms with Gasteiger partial charge in [-0.3, -0.25) is 11.1 Å². The van der Waals surface area contributed by atoms with Gasteiger partial charge in [-0.1, -0.05) is 32.6 Å². The maximum atomic E-state index is 6.88. The molecule has 3 aliphatic rings. The number of guanidine groups is 2. The van der Waals surface area contributed by atoms with E-state index in [0.29, 0.717) is 24.7 Å². The molecule has 0 radical (unpaired) electrons. The Bertz CT molecular complexity index is 817. The molecule has 0 spiro atoms. The molecule has 1 saturated carbocycles. The van der Waals surface area contributed by atoms with Crippen molar-refractivity contribution in [1.82, 2.24) is 15.5 Å². The predicted octanol–water partition coefficient (Wildman–Crippen LogP) is 3.61. The molecule has 1 aliphatic carbocycles. The van der Waals surface area contributed by atoms with E-state index in [1.54, 1.807) is 0 Å². The number of ether oxygens (including phenoxy) is 1. The summed E-state index contributed by atoms with van der Waals surface area (Å²) < 4.78 is 5.56. The van der Waals surface area contributed by atoms with Crippen LogP contribution in [0.2, 0.25) is 0 Å². The summed E-state index contributed by atoms with van der Waals surface area (Å²) in [4.78, 5) is 12.4. The number of hydrogen-bond acceptors (Lipinski definition) is 6. The summed E-state index contributed by atoms with van der Waals surface area (Å²) in [6.07, 6.45) is 10.5. The molecule has 1 aromatic carbocycles. The maximum Gasteiger partial charge on any atom is 0.206 e. The second kappa shape index (κ2) is 11.2. The van der Waals surface area contributed by atoms with Gasteiger partial charge in [-0.05, 0) is 70.0 Å². The molecule has 182 valence electrons. The second-order valence-corrected chi connectivity index (χ2v) is 9.47. The molecule has 33 heavy (non-hydrogen) atoms. The Labute approximate surface area is 198 Å². The average molecular weight is 456 g/mol. The number of nitrogens with zero attached hydrogens (tertiary/aromatic N) is 3. The molecule has 2 fully saturated rings. The largest absolute Gasteiger partial charge is 0.494 e. The van der Waals surface area contributed by atoms with E-state index in [1.807, 2.05) is 31.2 Å². The summed E-state index contributed by atoms with van der Waals surface area (Å²) in [6, 6.07) is 8.67. The van der Waals surface area contributed by atoms with Gasteiger partial charge in [-0.15, -0.1) is 0 Å². The van der Waals surface area contributed by atoms with E-state index in [1.165, 1.54) is 32.1 Å². The van der Waals surface area contributed by atoms with Crippen LogP contribution in [0.4, 0.5) is 5.69 Å². The quantitative estimate of drug-likeness (QED) is 0.469. The summed E-state index contributed by atoms with van der Waals surface area (Å²) in [5, 5.41) is 10.2. The Kier molecular flexibility index (Phi) is 8.09. The van der Waals surface area contributed by atoms with Gasteiger partial charge in [0, 0.05) is 18.2 Å². The zero-order valence-electron chi connectivity index (χ0n) is 20.3. The Balaban J connectivity index is 1.54. The first-order valence-electron chi connectivity index (χ1n) is 12.8. The Morgan fingerprint density at radius 1 is 1.12 bits per heavy atom. The van der Waals surface area contributed by atoms with Crippen LogP contribution in [-0.2, 0) is 0 Å². The highest BCUT2D eigenvalue weighted by atomic mass is 16.5. The molecule has 2 unspecified atom stereocenters. The number of aliphatic imine (C=N–C) groups is 2. The normalized spacial score (nSPS) is 28.0. The van der Waals surface area contributed by atoms with E-state index in [2.05, 4.69) is 27.8 Å².